The van der Waals surface area contributed by atoms with Crippen molar-refractivity contribution in [3.8, 4) is 5.75 Å². The van der Waals surface area contributed by atoms with Gasteiger partial charge in [0.25, 0.3) is 0 Å². The number of aromatic nitrogens is 3. The lowest BCUT2D eigenvalue weighted by Crippen LogP contribution is -2.42. The average molecular weight is 631 g/mol. The highest BCUT2D eigenvalue weighted by molar-refractivity contribution is 7.14. The predicted octanol–water partition coefficient (Wildman–Crippen LogP) is 5.14. The van der Waals surface area contributed by atoms with Crippen molar-refractivity contribution < 1.29 is 38.5 Å². The van der Waals surface area contributed by atoms with E-state index < -0.39 is 29.0 Å². The number of thiazole rings is 1. The summed E-state index contributed by atoms with van der Waals surface area (Å²) in [6.45, 7) is 12.0. The average Bonchev–Trinajstić information content (AvgIpc) is 3.55. The number of pyridine rings is 1. The van der Waals surface area contributed by atoms with Gasteiger partial charge < -0.3 is 33.5 Å². The molecule has 0 radical (unpaired) electrons. The second-order valence-electron chi connectivity index (χ2n) is 12.2. The van der Waals surface area contributed by atoms with Crippen LogP contribution in [0.25, 0.3) is 5.65 Å². The van der Waals surface area contributed by atoms with Gasteiger partial charge in [-0.15, -0.1) is 11.3 Å². The first-order chi connectivity index (χ1) is 20.7. The Bertz CT molecular complexity index is 1520. The van der Waals surface area contributed by atoms with E-state index in [0.29, 0.717) is 18.8 Å². The molecule has 15 heteroatoms. The summed E-state index contributed by atoms with van der Waals surface area (Å²) in [6, 6.07) is 3.61. The third kappa shape index (κ3) is 9.30. The summed E-state index contributed by atoms with van der Waals surface area (Å²) in [6.07, 6.45) is 4.50. The summed E-state index contributed by atoms with van der Waals surface area (Å²) in [4.78, 5) is 52.0. The van der Waals surface area contributed by atoms with Gasteiger partial charge in [-0.3, -0.25) is 5.32 Å². The Kier molecular flexibility index (Phi) is 9.97. The number of anilines is 1. The molecule has 0 spiro atoms. The molecule has 14 nitrogen and oxygen atoms in total. The zero-order chi connectivity index (χ0) is 32.1. The van der Waals surface area contributed by atoms with Crippen molar-refractivity contribution in [2.75, 3.05) is 31.6 Å². The monoisotopic (exact) mass is 630 g/mol. The van der Waals surface area contributed by atoms with E-state index in [1.165, 1.54) is 5.38 Å². The summed E-state index contributed by atoms with van der Waals surface area (Å²) in [7, 11) is 0. The first-order valence-electron chi connectivity index (χ1n) is 14.2. The molecule has 4 rings (SSSR count). The number of amides is 2. The molecule has 0 saturated carbocycles. The molecule has 44 heavy (non-hydrogen) atoms. The van der Waals surface area contributed by atoms with Crippen LogP contribution in [0, 0.1) is 0 Å². The van der Waals surface area contributed by atoms with E-state index in [1.54, 1.807) is 37.9 Å². The number of likely N-dealkylation sites (tertiary alicyclic amines) is 1. The van der Waals surface area contributed by atoms with Crippen molar-refractivity contribution in [1.82, 2.24) is 19.3 Å². The number of piperidine rings is 1. The Morgan fingerprint density at radius 1 is 1.07 bits per heavy atom. The zero-order valence-corrected chi connectivity index (χ0v) is 26.5. The Morgan fingerprint density at radius 2 is 1.82 bits per heavy atom. The van der Waals surface area contributed by atoms with Crippen molar-refractivity contribution in [2.45, 2.75) is 71.5 Å². The minimum atomic E-state index is -1.34. The summed E-state index contributed by atoms with van der Waals surface area (Å²) in [5, 5.41) is 17.3. The number of imidazole rings is 1. The number of nitrogens with one attached hydrogen (secondary N) is 1. The number of nitrogens with zero attached hydrogens (tertiary/aromatic N) is 5. The highest BCUT2D eigenvalue weighted by Crippen LogP contribution is 2.28. The summed E-state index contributed by atoms with van der Waals surface area (Å²) >= 11 is 1.03. The Morgan fingerprint density at radius 3 is 2.52 bits per heavy atom. The molecule has 2 amide bonds. The molecule has 0 aliphatic carbocycles. The molecule has 1 aliphatic rings. The van der Waals surface area contributed by atoms with Gasteiger partial charge in [0.2, 0.25) is 5.71 Å². The highest BCUT2D eigenvalue weighted by Gasteiger charge is 2.29. The van der Waals surface area contributed by atoms with Crippen LogP contribution >= 0.6 is 11.3 Å². The molecule has 1 unspecified atom stereocenters. The standard InChI is InChI=1S/C29H38N6O8S/c1-28(2,3)42-26(38)32-25-31-21(17-44-25)23(24(36)37)33-41-13-12-40-19-9-10-22-30-20(16-35(22)15-19)18-8-7-11-34(14-18)27(39)43-29(4,5)6/h9-10,15-18H,7-8,11-14H2,1-6H3,(H,36,37)(H,31,32,38)/b33-23-. The SMILES string of the molecule is CC(C)(C)OC(=O)Nc1nc(/C(=N/OCCOc2ccc3nc(C4CCCN(C(=O)OC(C)(C)C)C4)cn3c2)C(=O)O)cs1. The van der Waals surface area contributed by atoms with E-state index in [0.717, 1.165) is 35.5 Å². The first-order valence-corrected chi connectivity index (χ1v) is 15.0. The van der Waals surface area contributed by atoms with Crippen LogP contribution in [0.4, 0.5) is 14.7 Å². The summed E-state index contributed by atoms with van der Waals surface area (Å²) in [5.74, 6) is -0.686. The summed E-state index contributed by atoms with van der Waals surface area (Å²) < 4.78 is 18.3. The smallest absolute Gasteiger partial charge is 0.413 e. The normalized spacial score (nSPS) is 16.0. The van der Waals surface area contributed by atoms with Crippen LogP contribution in [0.5, 0.6) is 5.75 Å². The third-order valence-corrected chi connectivity index (χ3v) is 6.85. The molecule has 238 valence electrons. The Labute approximate surface area is 259 Å². The van der Waals surface area contributed by atoms with Crippen LogP contribution in [0.2, 0.25) is 0 Å². The second kappa shape index (κ2) is 13.5. The van der Waals surface area contributed by atoms with E-state index in [4.69, 9.17) is 24.0 Å². The fourth-order valence-electron chi connectivity index (χ4n) is 4.32. The van der Waals surface area contributed by atoms with Gasteiger partial charge in [0, 0.05) is 30.6 Å². The number of hydrogen-bond acceptors (Lipinski definition) is 11. The minimum Gasteiger partial charge on any atom is -0.488 e. The van der Waals surface area contributed by atoms with E-state index >= 15 is 0 Å². The number of carboxylic acid groups (broad SMARTS) is 1. The molecule has 1 atom stereocenters. The molecule has 1 fully saturated rings. The van der Waals surface area contributed by atoms with Crippen molar-refractivity contribution in [1.29, 1.82) is 0 Å². The molecule has 0 aromatic carbocycles. The van der Waals surface area contributed by atoms with Gasteiger partial charge in [-0.25, -0.2) is 24.4 Å². The van der Waals surface area contributed by atoms with Gasteiger partial charge in [0.15, 0.2) is 11.7 Å². The molecule has 0 bridgehead atoms. The van der Waals surface area contributed by atoms with Gasteiger partial charge in [-0.2, -0.15) is 0 Å². The second-order valence-corrected chi connectivity index (χ2v) is 13.0. The quantitative estimate of drug-likeness (QED) is 0.184. The Balaban J connectivity index is 1.30. The van der Waals surface area contributed by atoms with E-state index in [1.807, 2.05) is 37.4 Å². The fourth-order valence-corrected chi connectivity index (χ4v) is 5.00. The number of rotatable bonds is 9. The molecular weight excluding hydrogens is 592 g/mol. The largest absolute Gasteiger partial charge is 0.488 e. The fraction of sp³-hybridized carbons (Fsp3) is 0.517. The Hall–Kier alpha value is -4.40. The van der Waals surface area contributed by atoms with Crippen LogP contribution < -0.4 is 10.1 Å². The molecule has 2 N–H and O–H groups in total. The van der Waals surface area contributed by atoms with Crippen LogP contribution in [-0.2, 0) is 19.1 Å². The number of carbonyl (C=O) groups is 3. The van der Waals surface area contributed by atoms with Crippen molar-refractivity contribution in [3.63, 3.8) is 0 Å². The molecule has 3 aromatic heterocycles. The van der Waals surface area contributed by atoms with Crippen molar-refractivity contribution in [2.24, 2.45) is 5.16 Å². The number of hydrogen-bond donors (Lipinski definition) is 2. The van der Waals surface area contributed by atoms with E-state index in [-0.39, 0.29) is 36.1 Å². The molecule has 1 saturated heterocycles. The van der Waals surface area contributed by atoms with Crippen LogP contribution in [-0.4, -0.2) is 85.7 Å². The molecule has 1 aliphatic heterocycles. The maximum Gasteiger partial charge on any atom is 0.413 e. The number of aliphatic carboxylic acids is 1. The summed E-state index contributed by atoms with van der Waals surface area (Å²) in [5.41, 5.74) is 0.0102. The van der Waals surface area contributed by atoms with Crippen LogP contribution in [0.15, 0.2) is 35.1 Å². The lowest BCUT2D eigenvalue weighted by atomic mass is 9.95. The van der Waals surface area contributed by atoms with Gasteiger partial charge >= 0.3 is 18.2 Å². The van der Waals surface area contributed by atoms with Gasteiger partial charge in [0.05, 0.1) is 11.9 Å². The number of carbonyl (C=O) groups excluding carboxylic acids is 2. The number of oxime groups is 1. The van der Waals surface area contributed by atoms with Gasteiger partial charge in [-0.1, -0.05) is 5.16 Å². The van der Waals surface area contributed by atoms with E-state index in [2.05, 4.69) is 15.5 Å². The number of carboxylic acids is 1. The lowest BCUT2D eigenvalue weighted by molar-refractivity contribution is -0.129. The van der Waals surface area contributed by atoms with Crippen molar-refractivity contribution >= 4 is 46.0 Å². The molecule has 4 heterocycles. The third-order valence-electron chi connectivity index (χ3n) is 6.09. The molecule has 3 aromatic rings. The van der Waals surface area contributed by atoms with Gasteiger partial charge in [-0.05, 0) is 66.5 Å². The van der Waals surface area contributed by atoms with Crippen LogP contribution in [0.3, 0.4) is 0 Å². The number of fused-ring (bicyclic) bond motifs is 1. The van der Waals surface area contributed by atoms with Crippen molar-refractivity contribution in [3.05, 3.63) is 41.3 Å². The maximum atomic E-state index is 12.6. The number of ether oxygens (including phenoxy) is 3. The maximum absolute atomic E-state index is 12.6. The predicted molar refractivity (Wildman–Crippen MR) is 163 cm³/mol. The first kappa shape index (κ1) is 32.5. The topological polar surface area (TPSA) is 166 Å². The lowest BCUT2D eigenvalue weighted by Gasteiger charge is -2.33. The van der Waals surface area contributed by atoms with Gasteiger partial charge in [0.1, 0.15) is 34.9 Å². The van der Waals surface area contributed by atoms with Crippen LogP contribution in [0.1, 0.15) is 71.7 Å². The highest BCUT2D eigenvalue weighted by atomic mass is 32.1. The van der Waals surface area contributed by atoms with E-state index in [9.17, 15) is 19.5 Å². The minimum absolute atomic E-state index is 0.0281. The zero-order valence-electron chi connectivity index (χ0n) is 25.7. The molecular formula is C29H38N6O8S.